The van der Waals surface area contributed by atoms with Gasteiger partial charge in [-0.15, -0.1) is 0 Å². The lowest BCUT2D eigenvalue weighted by atomic mass is 9.99. The summed E-state index contributed by atoms with van der Waals surface area (Å²) >= 11 is 0. The third kappa shape index (κ3) is 3.33. The number of fused-ring (bicyclic) bond motifs is 2. The minimum Gasteiger partial charge on any atom is -0.378 e. The van der Waals surface area contributed by atoms with Crippen LogP contribution in [0.3, 0.4) is 0 Å². The van der Waals surface area contributed by atoms with Crippen LogP contribution in [0, 0.1) is 0 Å². The summed E-state index contributed by atoms with van der Waals surface area (Å²) in [4.78, 5) is 6.98. The summed E-state index contributed by atoms with van der Waals surface area (Å²) in [6.45, 7) is 4.45. The van der Waals surface area contributed by atoms with Crippen LogP contribution < -0.4 is 10.2 Å². The molecule has 0 aliphatic carbocycles. The molecule has 0 atom stereocenters. The second-order valence-electron chi connectivity index (χ2n) is 7.50. The maximum absolute atomic E-state index is 4.87. The second-order valence-corrected chi connectivity index (χ2v) is 7.50. The van der Waals surface area contributed by atoms with Gasteiger partial charge >= 0.3 is 0 Å². The van der Waals surface area contributed by atoms with Gasteiger partial charge in [0, 0.05) is 36.2 Å². The van der Waals surface area contributed by atoms with Gasteiger partial charge in [0.05, 0.1) is 16.7 Å². The zero-order chi connectivity index (χ0) is 19.0. The lowest BCUT2D eigenvalue weighted by Crippen LogP contribution is -2.08. The molecule has 1 N–H and O–H groups in total. The van der Waals surface area contributed by atoms with Crippen LogP contribution in [-0.4, -0.2) is 19.1 Å². The van der Waals surface area contributed by atoms with Crippen molar-refractivity contribution >= 4 is 38.9 Å². The smallest absolute Gasteiger partial charge is 0.0730 e. The largest absolute Gasteiger partial charge is 0.378 e. The van der Waals surface area contributed by atoms with Crippen LogP contribution in [0.1, 0.15) is 25.3 Å². The molecule has 0 aliphatic rings. The van der Waals surface area contributed by atoms with Crippen molar-refractivity contribution < 1.29 is 0 Å². The lowest BCUT2D eigenvalue weighted by Gasteiger charge is -2.16. The minimum atomic E-state index is 0.480. The average Bonchev–Trinajstić information content (AvgIpc) is 2.67. The summed E-state index contributed by atoms with van der Waals surface area (Å²) in [5, 5.41) is 5.97. The van der Waals surface area contributed by atoms with Gasteiger partial charge in [-0.05, 0) is 53.9 Å². The second kappa shape index (κ2) is 6.92. The Morgan fingerprint density at radius 1 is 0.815 bits per heavy atom. The minimum absolute atomic E-state index is 0.480. The van der Waals surface area contributed by atoms with Crippen LogP contribution in [0.2, 0.25) is 0 Å². The number of anilines is 3. The summed E-state index contributed by atoms with van der Waals surface area (Å²) < 4.78 is 0. The van der Waals surface area contributed by atoms with Gasteiger partial charge in [-0.3, -0.25) is 0 Å². The van der Waals surface area contributed by atoms with E-state index in [0.717, 1.165) is 33.2 Å². The quantitative estimate of drug-likeness (QED) is 0.434. The Morgan fingerprint density at radius 2 is 1.52 bits per heavy atom. The van der Waals surface area contributed by atoms with Gasteiger partial charge in [0.1, 0.15) is 0 Å². The summed E-state index contributed by atoms with van der Waals surface area (Å²) in [7, 11) is 4.11. The molecule has 0 bridgehead atoms. The van der Waals surface area contributed by atoms with Crippen LogP contribution in [0.25, 0.3) is 21.8 Å². The van der Waals surface area contributed by atoms with E-state index in [0.29, 0.717) is 5.92 Å². The molecule has 3 aromatic carbocycles. The zero-order valence-corrected chi connectivity index (χ0v) is 16.3. The first-order valence-electron chi connectivity index (χ1n) is 9.40. The molecular weight excluding hydrogens is 330 g/mol. The molecule has 0 saturated heterocycles. The van der Waals surface area contributed by atoms with Crippen molar-refractivity contribution in [3.05, 3.63) is 72.3 Å². The van der Waals surface area contributed by atoms with Gasteiger partial charge in [0.2, 0.25) is 0 Å². The predicted molar refractivity (Wildman–Crippen MR) is 117 cm³/mol. The van der Waals surface area contributed by atoms with Crippen molar-refractivity contribution in [1.29, 1.82) is 0 Å². The first-order chi connectivity index (χ1) is 13.0. The third-order valence-electron chi connectivity index (χ3n) is 5.02. The normalized spacial score (nSPS) is 11.3. The van der Waals surface area contributed by atoms with E-state index >= 15 is 0 Å². The highest BCUT2D eigenvalue weighted by Crippen LogP contribution is 2.35. The Morgan fingerprint density at radius 3 is 2.22 bits per heavy atom. The first kappa shape index (κ1) is 17.3. The summed E-state index contributed by atoms with van der Waals surface area (Å²) in [5.41, 5.74) is 6.74. The van der Waals surface area contributed by atoms with E-state index in [4.69, 9.17) is 4.98 Å². The molecule has 0 saturated carbocycles. The van der Waals surface area contributed by atoms with Gasteiger partial charge in [-0.2, -0.15) is 0 Å². The van der Waals surface area contributed by atoms with Crippen molar-refractivity contribution in [3.8, 4) is 0 Å². The Bertz CT molecular complexity index is 1100. The maximum atomic E-state index is 4.87. The number of rotatable bonds is 4. The molecule has 0 unspecified atom stereocenters. The van der Waals surface area contributed by atoms with E-state index in [-0.39, 0.29) is 0 Å². The van der Waals surface area contributed by atoms with Gasteiger partial charge in [-0.1, -0.05) is 38.1 Å². The summed E-state index contributed by atoms with van der Waals surface area (Å²) in [5.74, 6) is 0.480. The Labute approximate surface area is 160 Å². The highest BCUT2D eigenvalue weighted by Gasteiger charge is 2.11. The Hall–Kier alpha value is -3.07. The van der Waals surface area contributed by atoms with E-state index in [1.54, 1.807) is 0 Å². The lowest BCUT2D eigenvalue weighted by molar-refractivity contribution is 0.868. The van der Waals surface area contributed by atoms with Crippen LogP contribution in [0.5, 0.6) is 0 Å². The average molecular weight is 355 g/mol. The number of para-hydroxylation sites is 1. The fourth-order valence-corrected chi connectivity index (χ4v) is 3.39. The van der Waals surface area contributed by atoms with Crippen LogP contribution >= 0.6 is 0 Å². The highest BCUT2D eigenvalue weighted by atomic mass is 15.1. The molecule has 0 aliphatic heterocycles. The number of nitrogens with zero attached hydrogens (tertiary/aromatic N) is 2. The monoisotopic (exact) mass is 355 g/mol. The van der Waals surface area contributed by atoms with Gasteiger partial charge < -0.3 is 10.2 Å². The molecule has 27 heavy (non-hydrogen) atoms. The fourth-order valence-electron chi connectivity index (χ4n) is 3.39. The van der Waals surface area contributed by atoms with E-state index in [1.807, 2.05) is 6.07 Å². The number of benzene rings is 3. The van der Waals surface area contributed by atoms with E-state index in [9.17, 15) is 0 Å². The number of aromatic nitrogens is 1. The highest BCUT2D eigenvalue weighted by molar-refractivity contribution is 6.08. The van der Waals surface area contributed by atoms with Gasteiger partial charge in [0.15, 0.2) is 0 Å². The molecule has 0 spiro atoms. The molecular formula is C24H25N3. The first-order valence-corrected chi connectivity index (χ1v) is 9.40. The van der Waals surface area contributed by atoms with Crippen LogP contribution in [0.4, 0.5) is 17.1 Å². The maximum Gasteiger partial charge on any atom is 0.0730 e. The SMILES string of the molecule is CC(C)c1ccc2nc3ccccc3c(Nc3ccc(N(C)C)cc3)c2c1. The Kier molecular flexibility index (Phi) is 4.44. The molecule has 0 fully saturated rings. The molecule has 0 amide bonds. The van der Waals surface area contributed by atoms with Crippen LogP contribution in [-0.2, 0) is 0 Å². The molecule has 1 aromatic heterocycles. The summed E-state index contributed by atoms with van der Waals surface area (Å²) in [6, 6.07) is 23.4. The standard InChI is InChI=1S/C24H25N3/c1-16(2)17-9-14-23-21(15-17)24(20-7-5-6-8-22(20)26-23)25-18-10-12-19(13-11-18)27(3)4/h5-16H,1-4H3,(H,25,26). The molecule has 3 heteroatoms. The molecule has 1 heterocycles. The van der Waals surface area contributed by atoms with Crippen molar-refractivity contribution in [2.75, 3.05) is 24.3 Å². The summed E-state index contributed by atoms with van der Waals surface area (Å²) in [6.07, 6.45) is 0. The topological polar surface area (TPSA) is 28.2 Å². The molecule has 0 radical (unpaired) electrons. The van der Waals surface area contributed by atoms with Crippen LogP contribution in [0.15, 0.2) is 66.7 Å². The fraction of sp³-hybridized carbons (Fsp3) is 0.208. The van der Waals surface area contributed by atoms with Gasteiger partial charge in [0.25, 0.3) is 0 Å². The molecule has 4 aromatic rings. The van der Waals surface area contributed by atoms with Crippen molar-refractivity contribution in [2.45, 2.75) is 19.8 Å². The third-order valence-corrected chi connectivity index (χ3v) is 5.02. The number of hydrogen-bond acceptors (Lipinski definition) is 3. The van der Waals surface area contributed by atoms with Crippen molar-refractivity contribution in [3.63, 3.8) is 0 Å². The number of hydrogen-bond donors (Lipinski definition) is 1. The number of nitrogens with one attached hydrogen (secondary N) is 1. The van der Waals surface area contributed by atoms with E-state index < -0.39 is 0 Å². The Balaban J connectivity index is 1.90. The zero-order valence-electron chi connectivity index (χ0n) is 16.3. The van der Waals surface area contributed by atoms with Crippen molar-refractivity contribution in [1.82, 2.24) is 4.98 Å². The van der Waals surface area contributed by atoms with E-state index in [1.165, 1.54) is 11.3 Å². The molecule has 3 nitrogen and oxygen atoms in total. The van der Waals surface area contributed by atoms with E-state index in [2.05, 4.69) is 98.8 Å². The molecule has 136 valence electrons. The van der Waals surface area contributed by atoms with Crippen molar-refractivity contribution in [2.24, 2.45) is 0 Å². The number of pyridine rings is 1. The van der Waals surface area contributed by atoms with Gasteiger partial charge in [-0.25, -0.2) is 4.98 Å². The predicted octanol–water partition coefficient (Wildman–Crippen LogP) is 6.32. The molecule has 4 rings (SSSR count).